The van der Waals surface area contributed by atoms with Crippen LogP contribution in [0.5, 0.6) is 0 Å². The Labute approximate surface area is 71.8 Å². The van der Waals surface area contributed by atoms with Crippen LogP contribution in [0.25, 0.3) is 0 Å². The Morgan fingerprint density at radius 1 is 1.42 bits per heavy atom. The van der Waals surface area contributed by atoms with Gasteiger partial charge in [-0.25, -0.2) is 0 Å². The van der Waals surface area contributed by atoms with Crippen LogP contribution in [0, 0.1) is 5.92 Å². The first kappa shape index (κ1) is 6.61. The van der Waals surface area contributed by atoms with E-state index in [1.807, 2.05) is 18.3 Å². The van der Waals surface area contributed by atoms with E-state index in [1.165, 1.54) is 18.5 Å². The number of rotatable bonds is 1. The highest BCUT2D eigenvalue weighted by atomic mass is 14.9. The number of hydrogen-bond acceptors (Lipinski definition) is 2. The average molecular weight is 160 g/mol. The molecular weight excluding hydrogens is 148 g/mol. The summed E-state index contributed by atoms with van der Waals surface area (Å²) in [6, 6.07) is 6.10. The first-order chi connectivity index (χ1) is 5.80. The molecule has 12 heavy (non-hydrogen) atoms. The molecule has 3 fully saturated rings. The number of nitrogens with two attached hydrogens (primary N) is 1. The molecule has 0 aliphatic heterocycles. The zero-order valence-corrected chi connectivity index (χ0v) is 6.90. The Hall–Kier alpha value is -0.890. The Morgan fingerprint density at radius 2 is 2.25 bits per heavy atom. The lowest BCUT2D eigenvalue weighted by Gasteiger charge is -2.66. The third kappa shape index (κ3) is 0.619. The molecule has 3 aliphatic rings. The molecule has 2 nitrogen and oxygen atoms in total. The normalized spacial score (nSPS) is 43.1. The van der Waals surface area contributed by atoms with Crippen molar-refractivity contribution in [3.63, 3.8) is 0 Å². The lowest BCUT2D eigenvalue weighted by atomic mass is 9.42. The number of pyridine rings is 1. The van der Waals surface area contributed by atoms with Crippen LogP contribution in [0.2, 0.25) is 0 Å². The highest BCUT2D eigenvalue weighted by Crippen LogP contribution is 2.64. The van der Waals surface area contributed by atoms with Gasteiger partial charge in [0.15, 0.2) is 0 Å². The summed E-state index contributed by atoms with van der Waals surface area (Å²) in [6.07, 6.45) is 4.29. The second-order valence-corrected chi connectivity index (χ2v) is 4.13. The predicted molar refractivity (Wildman–Crippen MR) is 46.6 cm³/mol. The summed E-state index contributed by atoms with van der Waals surface area (Å²) in [5, 5.41) is 0. The van der Waals surface area contributed by atoms with Crippen LogP contribution in [0.4, 0.5) is 0 Å². The van der Waals surface area contributed by atoms with Gasteiger partial charge in [-0.1, -0.05) is 6.07 Å². The Kier molecular flexibility index (Phi) is 1.04. The molecule has 4 rings (SSSR count). The number of aromatic nitrogens is 1. The molecule has 62 valence electrons. The van der Waals surface area contributed by atoms with E-state index in [4.69, 9.17) is 5.73 Å². The SMILES string of the molecule is NC12CC(C1)C2c1ccccn1. The summed E-state index contributed by atoms with van der Waals surface area (Å²) in [4.78, 5) is 4.35. The van der Waals surface area contributed by atoms with E-state index in [0.717, 1.165) is 5.92 Å². The molecule has 3 aliphatic carbocycles. The van der Waals surface area contributed by atoms with Crippen molar-refractivity contribution in [3.8, 4) is 0 Å². The average Bonchev–Trinajstić information content (AvgIpc) is 2.02. The number of hydrogen-bond donors (Lipinski definition) is 1. The van der Waals surface area contributed by atoms with Gasteiger partial charge in [0.25, 0.3) is 0 Å². The van der Waals surface area contributed by atoms with E-state index >= 15 is 0 Å². The Balaban J connectivity index is 1.93. The second-order valence-electron chi connectivity index (χ2n) is 4.13. The zero-order chi connectivity index (χ0) is 8.18. The molecule has 2 bridgehead atoms. The minimum atomic E-state index is 0.124. The summed E-state index contributed by atoms with van der Waals surface area (Å²) < 4.78 is 0. The fourth-order valence-corrected chi connectivity index (χ4v) is 2.65. The number of nitrogens with zero attached hydrogens (tertiary/aromatic N) is 1. The van der Waals surface area contributed by atoms with Crippen LogP contribution < -0.4 is 5.73 Å². The molecule has 1 aromatic heterocycles. The molecule has 1 heterocycles. The lowest BCUT2D eigenvalue weighted by molar-refractivity contribution is -0.0586. The second kappa shape index (κ2) is 1.88. The summed E-state index contributed by atoms with van der Waals surface area (Å²) in [5.41, 5.74) is 7.44. The van der Waals surface area contributed by atoms with Crippen molar-refractivity contribution in [2.75, 3.05) is 0 Å². The summed E-state index contributed by atoms with van der Waals surface area (Å²) in [5.74, 6) is 1.41. The molecule has 2 heteroatoms. The van der Waals surface area contributed by atoms with Gasteiger partial charge in [-0.15, -0.1) is 0 Å². The molecule has 0 aromatic carbocycles. The van der Waals surface area contributed by atoms with Crippen LogP contribution in [0.15, 0.2) is 24.4 Å². The maximum Gasteiger partial charge on any atom is 0.0455 e. The van der Waals surface area contributed by atoms with Gasteiger partial charge < -0.3 is 5.73 Å². The minimum Gasteiger partial charge on any atom is -0.324 e. The van der Waals surface area contributed by atoms with Gasteiger partial charge in [-0.05, 0) is 30.9 Å². The van der Waals surface area contributed by atoms with Gasteiger partial charge in [-0.2, -0.15) is 0 Å². The highest BCUT2D eigenvalue weighted by molar-refractivity contribution is 5.32. The quantitative estimate of drug-likeness (QED) is 0.672. The topological polar surface area (TPSA) is 38.9 Å². The van der Waals surface area contributed by atoms with Crippen molar-refractivity contribution in [1.82, 2.24) is 4.98 Å². The molecular formula is C10H12N2. The van der Waals surface area contributed by atoms with Crippen LogP contribution in [0.1, 0.15) is 24.5 Å². The fourth-order valence-electron chi connectivity index (χ4n) is 2.65. The van der Waals surface area contributed by atoms with Crippen LogP contribution >= 0.6 is 0 Å². The maximum atomic E-state index is 6.12. The minimum absolute atomic E-state index is 0.124. The molecule has 3 saturated carbocycles. The third-order valence-corrected chi connectivity index (χ3v) is 3.38. The molecule has 0 spiro atoms. The van der Waals surface area contributed by atoms with E-state index < -0.39 is 0 Å². The fraction of sp³-hybridized carbons (Fsp3) is 0.500. The maximum absolute atomic E-state index is 6.12. The van der Waals surface area contributed by atoms with Crippen LogP contribution in [-0.4, -0.2) is 10.5 Å². The standard InChI is InChI=1S/C10H12N2/c11-10-5-7(6-10)9(10)8-3-1-2-4-12-8/h1-4,7,9H,5-6,11H2. The van der Waals surface area contributed by atoms with E-state index in [9.17, 15) is 0 Å². The Bertz CT molecular complexity index is 301. The summed E-state index contributed by atoms with van der Waals surface area (Å²) >= 11 is 0. The summed E-state index contributed by atoms with van der Waals surface area (Å²) in [6.45, 7) is 0. The molecule has 1 unspecified atom stereocenters. The van der Waals surface area contributed by atoms with E-state index in [1.54, 1.807) is 0 Å². The first-order valence-corrected chi connectivity index (χ1v) is 4.49. The smallest absolute Gasteiger partial charge is 0.0455 e. The largest absolute Gasteiger partial charge is 0.324 e. The van der Waals surface area contributed by atoms with Crippen molar-refractivity contribution < 1.29 is 0 Å². The van der Waals surface area contributed by atoms with E-state index in [0.29, 0.717) is 5.92 Å². The van der Waals surface area contributed by atoms with Gasteiger partial charge >= 0.3 is 0 Å². The highest BCUT2D eigenvalue weighted by Gasteiger charge is 2.63. The van der Waals surface area contributed by atoms with Crippen LogP contribution in [-0.2, 0) is 0 Å². The van der Waals surface area contributed by atoms with Gasteiger partial charge in [0.2, 0.25) is 0 Å². The molecule has 0 radical (unpaired) electrons. The van der Waals surface area contributed by atoms with Crippen molar-refractivity contribution in [1.29, 1.82) is 0 Å². The molecule has 1 aromatic rings. The van der Waals surface area contributed by atoms with Gasteiger partial charge in [0.05, 0.1) is 0 Å². The molecule has 1 atom stereocenters. The first-order valence-electron chi connectivity index (χ1n) is 4.49. The molecule has 2 N–H and O–H groups in total. The van der Waals surface area contributed by atoms with Gasteiger partial charge in [0.1, 0.15) is 0 Å². The molecule has 0 saturated heterocycles. The lowest BCUT2D eigenvalue weighted by Crippen LogP contribution is -2.71. The predicted octanol–water partition coefficient (Wildman–Crippen LogP) is 1.29. The van der Waals surface area contributed by atoms with Gasteiger partial charge in [0, 0.05) is 23.3 Å². The van der Waals surface area contributed by atoms with E-state index in [-0.39, 0.29) is 5.54 Å². The van der Waals surface area contributed by atoms with E-state index in [2.05, 4.69) is 11.1 Å². The van der Waals surface area contributed by atoms with Crippen LogP contribution in [0.3, 0.4) is 0 Å². The third-order valence-electron chi connectivity index (χ3n) is 3.38. The van der Waals surface area contributed by atoms with Crippen molar-refractivity contribution in [2.24, 2.45) is 11.7 Å². The van der Waals surface area contributed by atoms with Crippen molar-refractivity contribution in [2.45, 2.75) is 24.3 Å². The monoisotopic (exact) mass is 160 g/mol. The van der Waals surface area contributed by atoms with Crippen molar-refractivity contribution >= 4 is 0 Å². The van der Waals surface area contributed by atoms with Gasteiger partial charge in [-0.3, -0.25) is 4.98 Å². The Morgan fingerprint density at radius 3 is 2.67 bits per heavy atom. The molecule has 0 amide bonds. The zero-order valence-electron chi connectivity index (χ0n) is 6.90. The summed E-state index contributed by atoms with van der Waals surface area (Å²) in [7, 11) is 0. The van der Waals surface area contributed by atoms with Crippen molar-refractivity contribution in [3.05, 3.63) is 30.1 Å².